The second kappa shape index (κ2) is 4.74. The lowest BCUT2D eigenvalue weighted by molar-refractivity contribution is -0.0907. The van der Waals surface area contributed by atoms with E-state index < -0.39 is 0 Å². The average molecular weight is 331 g/mol. The third kappa shape index (κ3) is 1.83. The second-order valence-electron chi connectivity index (χ2n) is 9.39. The molecule has 126 valence electrons. The van der Waals surface area contributed by atoms with Gasteiger partial charge in [-0.3, -0.25) is 0 Å². The first kappa shape index (κ1) is 14.7. The number of fused-ring (bicyclic) bond motifs is 7. The molecule has 0 aromatic carbocycles. The highest BCUT2D eigenvalue weighted by Crippen LogP contribution is 2.65. The van der Waals surface area contributed by atoms with Crippen LogP contribution in [0.4, 0.5) is 5.13 Å². The van der Waals surface area contributed by atoms with Gasteiger partial charge in [-0.2, -0.15) is 0 Å². The fourth-order valence-corrected chi connectivity index (χ4v) is 8.47. The van der Waals surface area contributed by atoms with E-state index >= 15 is 0 Å². The Labute approximate surface area is 144 Å². The fourth-order valence-electron chi connectivity index (χ4n) is 7.44. The summed E-state index contributed by atoms with van der Waals surface area (Å²) in [5, 5.41) is 0.791. The quantitative estimate of drug-likeness (QED) is 0.712. The van der Waals surface area contributed by atoms with Crippen molar-refractivity contribution in [1.82, 2.24) is 4.98 Å². The third-order valence-corrected chi connectivity index (χ3v) is 9.54. The molecule has 2 nitrogen and oxygen atoms in total. The van der Waals surface area contributed by atoms with Crippen molar-refractivity contribution in [2.75, 3.05) is 5.73 Å². The van der Waals surface area contributed by atoms with Crippen LogP contribution in [-0.4, -0.2) is 4.98 Å². The largest absolute Gasteiger partial charge is 0.375 e. The molecule has 3 saturated carbocycles. The first-order valence-corrected chi connectivity index (χ1v) is 10.6. The van der Waals surface area contributed by atoms with Crippen LogP contribution >= 0.6 is 11.3 Å². The summed E-state index contributed by atoms with van der Waals surface area (Å²) in [5.41, 5.74) is 8.37. The molecule has 1 aromatic heterocycles. The molecule has 6 atom stereocenters. The van der Waals surface area contributed by atoms with Gasteiger partial charge in [0.05, 0.1) is 5.69 Å². The Bertz CT molecular complexity index is 638. The van der Waals surface area contributed by atoms with Crippen molar-refractivity contribution in [3.8, 4) is 0 Å². The lowest BCUT2D eigenvalue weighted by Gasteiger charge is -2.59. The van der Waals surface area contributed by atoms with E-state index in [0.29, 0.717) is 10.8 Å². The van der Waals surface area contributed by atoms with Crippen LogP contribution in [0.15, 0.2) is 0 Å². The Kier molecular flexibility index (Phi) is 3.04. The number of aromatic nitrogens is 1. The van der Waals surface area contributed by atoms with E-state index in [1.165, 1.54) is 68.4 Å². The average Bonchev–Trinajstić information content (AvgIpc) is 3.02. The molecule has 0 amide bonds. The Morgan fingerprint density at radius 2 is 1.91 bits per heavy atom. The minimum Gasteiger partial charge on any atom is -0.375 e. The van der Waals surface area contributed by atoms with Crippen molar-refractivity contribution in [1.29, 1.82) is 0 Å². The van der Waals surface area contributed by atoms with E-state index in [4.69, 9.17) is 10.7 Å². The van der Waals surface area contributed by atoms with Crippen molar-refractivity contribution < 1.29 is 0 Å². The molecule has 2 N–H and O–H groups in total. The summed E-state index contributed by atoms with van der Waals surface area (Å²) in [6, 6.07) is 0. The predicted molar refractivity (Wildman–Crippen MR) is 96.6 cm³/mol. The number of nitrogens with zero attached hydrogens (tertiary/aromatic N) is 1. The normalized spacial score (nSPS) is 48.3. The molecule has 5 rings (SSSR count). The van der Waals surface area contributed by atoms with Gasteiger partial charge in [-0.15, -0.1) is 11.3 Å². The van der Waals surface area contributed by atoms with Crippen molar-refractivity contribution in [3.05, 3.63) is 10.6 Å². The molecule has 3 heteroatoms. The molecule has 0 spiro atoms. The number of thiazole rings is 1. The topological polar surface area (TPSA) is 38.9 Å². The van der Waals surface area contributed by atoms with E-state index in [-0.39, 0.29) is 0 Å². The summed E-state index contributed by atoms with van der Waals surface area (Å²) in [6.45, 7) is 5.17. The lowest BCUT2D eigenvalue weighted by atomic mass is 9.45. The molecular formula is C20H30N2S. The highest BCUT2D eigenvalue weighted by molar-refractivity contribution is 7.15. The van der Waals surface area contributed by atoms with Crippen molar-refractivity contribution in [3.63, 3.8) is 0 Å². The van der Waals surface area contributed by atoms with E-state index in [9.17, 15) is 0 Å². The van der Waals surface area contributed by atoms with Crippen LogP contribution in [0, 0.1) is 29.1 Å². The molecule has 0 saturated heterocycles. The van der Waals surface area contributed by atoms with Gasteiger partial charge in [-0.25, -0.2) is 4.98 Å². The summed E-state index contributed by atoms with van der Waals surface area (Å²) >= 11 is 1.77. The number of hydrogen-bond donors (Lipinski definition) is 1. The minimum absolute atomic E-state index is 0.322. The SMILES string of the molecule is C[C@]12CCCC[C@@H]1CC[C@@H]1[C@@H]2CC[C@]2(C)c3nc(N)sc3C[C@@H]12. The Balaban J connectivity index is 1.51. The summed E-state index contributed by atoms with van der Waals surface area (Å²) in [5.74, 6) is 3.78. The molecule has 1 heterocycles. The number of nitrogen functional groups attached to an aromatic ring is 1. The molecule has 0 radical (unpaired) electrons. The van der Waals surface area contributed by atoms with E-state index in [1.807, 2.05) is 0 Å². The van der Waals surface area contributed by atoms with Crippen LogP contribution in [0.5, 0.6) is 0 Å². The maximum atomic E-state index is 6.02. The Morgan fingerprint density at radius 3 is 2.78 bits per heavy atom. The number of hydrogen-bond acceptors (Lipinski definition) is 3. The first-order chi connectivity index (χ1) is 11.0. The van der Waals surface area contributed by atoms with Crippen LogP contribution in [0.25, 0.3) is 0 Å². The van der Waals surface area contributed by atoms with E-state index in [2.05, 4.69) is 13.8 Å². The van der Waals surface area contributed by atoms with Crippen LogP contribution in [0.3, 0.4) is 0 Å². The molecular weight excluding hydrogens is 300 g/mol. The number of anilines is 1. The summed E-state index contributed by atoms with van der Waals surface area (Å²) < 4.78 is 0. The van der Waals surface area contributed by atoms with Gasteiger partial charge in [0.2, 0.25) is 0 Å². The van der Waals surface area contributed by atoms with Crippen molar-refractivity contribution >= 4 is 16.5 Å². The highest BCUT2D eigenvalue weighted by atomic mass is 32.1. The van der Waals surface area contributed by atoms with Gasteiger partial charge in [0.15, 0.2) is 5.13 Å². The molecule has 0 unspecified atom stereocenters. The summed E-state index contributed by atoms with van der Waals surface area (Å²) in [6.07, 6.45) is 13.0. The van der Waals surface area contributed by atoms with Gasteiger partial charge in [-0.1, -0.05) is 26.7 Å². The third-order valence-electron chi connectivity index (χ3n) is 8.63. The second-order valence-corrected chi connectivity index (χ2v) is 10.5. The molecule has 4 aliphatic carbocycles. The maximum absolute atomic E-state index is 6.02. The van der Waals surface area contributed by atoms with Crippen molar-refractivity contribution in [2.45, 2.75) is 77.0 Å². The van der Waals surface area contributed by atoms with Gasteiger partial charge < -0.3 is 5.73 Å². The minimum atomic E-state index is 0.322. The van der Waals surface area contributed by atoms with Crippen LogP contribution in [-0.2, 0) is 11.8 Å². The van der Waals surface area contributed by atoms with Gasteiger partial charge in [0.25, 0.3) is 0 Å². The smallest absolute Gasteiger partial charge is 0.180 e. The zero-order valence-corrected chi connectivity index (χ0v) is 15.4. The lowest BCUT2D eigenvalue weighted by Crippen LogP contribution is -2.53. The predicted octanol–water partition coefficient (Wildman–Crippen LogP) is 5.17. The summed E-state index contributed by atoms with van der Waals surface area (Å²) in [4.78, 5) is 6.30. The fraction of sp³-hybridized carbons (Fsp3) is 0.850. The van der Waals surface area contributed by atoms with Gasteiger partial charge in [0, 0.05) is 10.3 Å². The standard InChI is InChI=1S/C20H30N2S/c1-19-9-4-3-5-12(19)6-7-13-14(19)8-10-20(2)15(13)11-16-17(20)22-18(21)23-16/h12-15H,3-11H2,1-2H3,(H2,21,22)/t12-,13-,14+,15+,19+,20+/m1/s1. The van der Waals surface area contributed by atoms with Crippen LogP contribution in [0.1, 0.15) is 75.8 Å². The summed E-state index contributed by atoms with van der Waals surface area (Å²) in [7, 11) is 0. The monoisotopic (exact) mass is 330 g/mol. The molecule has 3 fully saturated rings. The first-order valence-electron chi connectivity index (χ1n) is 9.78. The molecule has 1 aromatic rings. The highest BCUT2D eigenvalue weighted by Gasteiger charge is 2.59. The molecule has 23 heavy (non-hydrogen) atoms. The van der Waals surface area contributed by atoms with E-state index in [0.717, 1.165) is 28.8 Å². The number of nitrogens with two attached hydrogens (primary N) is 1. The molecule has 0 bridgehead atoms. The van der Waals surface area contributed by atoms with Crippen molar-refractivity contribution in [2.24, 2.45) is 29.1 Å². The zero-order valence-electron chi connectivity index (χ0n) is 14.6. The van der Waals surface area contributed by atoms with Gasteiger partial charge >= 0.3 is 0 Å². The Morgan fingerprint density at radius 1 is 1.04 bits per heavy atom. The van der Waals surface area contributed by atoms with Gasteiger partial charge in [0.1, 0.15) is 0 Å². The van der Waals surface area contributed by atoms with Crippen LogP contribution < -0.4 is 5.73 Å². The molecule has 4 aliphatic rings. The van der Waals surface area contributed by atoms with E-state index in [1.54, 1.807) is 11.3 Å². The number of rotatable bonds is 0. The van der Waals surface area contributed by atoms with Gasteiger partial charge in [-0.05, 0) is 74.0 Å². The Hall–Kier alpha value is -0.570. The maximum Gasteiger partial charge on any atom is 0.180 e. The van der Waals surface area contributed by atoms with Crippen LogP contribution in [0.2, 0.25) is 0 Å². The molecule has 0 aliphatic heterocycles. The zero-order chi connectivity index (χ0) is 15.8.